The highest BCUT2D eigenvalue weighted by Crippen LogP contribution is 2.27. The lowest BCUT2D eigenvalue weighted by Gasteiger charge is -2.28. The Morgan fingerprint density at radius 2 is 1.94 bits per heavy atom. The van der Waals surface area contributed by atoms with Crippen LogP contribution in [0.1, 0.15) is 42.7 Å². The van der Waals surface area contributed by atoms with Gasteiger partial charge in [0.2, 0.25) is 0 Å². The third-order valence-corrected chi connectivity index (χ3v) is 4.40. The normalized spacial score (nSPS) is 25.4. The van der Waals surface area contributed by atoms with E-state index in [2.05, 4.69) is 34.5 Å². The highest BCUT2D eigenvalue weighted by atomic mass is 15.1. The number of nitrogens with zero attached hydrogens (tertiary/aromatic N) is 1. The van der Waals surface area contributed by atoms with Gasteiger partial charge in [-0.25, -0.2) is 0 Å². The van der Waals surface area contributed by atoms with Crippen molar-refractivity contribution in [2.45, 2.75) is 38.1 Å². The fraction of sp³-hybridized carbons (Fsp3) is 0.625. The van der Waals surface area contributed by atoms with E-state index in [1.54, 1.807) is 11.1 Å². The van der Waals surface area contributed by atoms with Crippen molar-refractivity contribution >= 4 is 0 Å². The predicted octanol–water partition coefficient (Wildman–Crippen LogP) is 2.75. The van der Waals surface area contributed by atoms with Gasteiger partial charge in [0, 0.05) is 13.1 Å². The summed E-state index contributed by atoms with van der Waals surface area (Å²) < 4.78 is 0. The molecule has 2 fully saturated rings. The van der Waals surface area contributed by atoms with E-state index in [1.165, 1.54) is 45.3 Å². The van der Waals surface area contributed by atoms with E-state index in [-0.39, 0.29) is 0 Å². The van der Waals surface area contributed by atoms with E-state index in [4.69, 9.17) is 0 Å². The third-order valence-electron chi connectivity index (χ3n) is 4.40. The van der Waals surface area contributed by atoms with Crippen molar-refractivity contribution in [3.63, 3.8) is 0 Å². The highest BCUT2D eigenvalue weighted by Gasteiger charge is 2.20. The lowest BCUT2D eigenvalue weighted by atomic mass is 9.93. The van der Waals surface area contributed by atoms with Gasteiger partial charge in [-0.15, -0.1) is 0 Å². The molecule has 2 heteroatoms. The Labute approximate surface area is 110 Å². The summed E-state index contributed by atoms with van der Waals surface area (Å²) in [6.07, 6.45) is 5.49. The van der Waals surface area contributed by atoms with Gasteiger partial charge in [0.25, 0.3) is 0 Å². The van der Waals surface area contributed by atoms with Gasteiger partial charge in [0.1, 0.15) is 0 Å². The van der Waals surface area contributed by atoms with Crippen LogP contribution in [-0.4, -0.2) is 31.1 Å². The third kappa shape index (κ3) is 2.76. The molecule has 0 spiro atoms. The van der Waals surface area contributed by atoms with Crippen LogP contribution in [0.2, 0.25) is 0 Å². The first-order valence-corrected chi connectivity index (χ1v) is 7.44. The van der Waals surface area contributed by atoms with Gasteiger partial charge in [-0.1, -0.05) is 30.7 Å². The first kappa shape index (κ1) is 12.2. The standard InChI is InChI=1S/C16H24N2/c1-4-10-18(11-5-1)13-15-6-2-3-7-16(15)14-8-9-17-12-14/h2-3,6-7,14,17H,1,4-5,8-13H2. The number of nitrogens with one attached hydrogen (secondary N) is 1. The van der Waals surface area contributed by atoms with Crippen LogP contribution >= 0.6 is 0 Å². The molecule has 1 unspecified atom stereocenters. The van der Waals surface area contributed by atoms with E-state index >= 15 is 0 Å². The smallest absolute Gasteiger partial charge is 0.0236 e. The maximum Gasteiger partial charge on any atom is 0.0236 e. The number of likely N-dealkylation sites (tertiary alicyclic amines) is 1. The highest BCUT2D eigenvalue weighted by molar-refractivity contribution is 5.31. The van der Waals surface area contributed by atoms with Crippen molar-refractivity contribution in [1.29, 1.82) is 0 Å². The van der Waals surface area contributed by atoms with E-state index in [0.29, 0.717) is 0 Å². The van der Waals surface area contributed by atoms with Crippen molar-refractivity contribution in [1.82, 2.24) is 10.2 Å². The zero-order chi connectivity index (χ0) is 12.2. The molecule has 2 aliphatic heterocycles. The second-order valence-electron chi connectivity index (χ2n) is 5.73. The molecule has 2 heterocycles. The lowest BCUT2D eigenvalue weighted by molar-refractivity contribution is 0.220. The molecule has 0 saturated carbocycles. The SMILES string of the molecule is c1ccc(C2CCNC2)c(CN2CCCCC2)c1. The summed E-state index contributed by atoms with van der Waals surface area (Å²) in [7, 11) is 0. The van der Waals surface area contributed by atoms with Crippen LogP contribution in [0.4, 0.5) is 0 Å². The van der Waals surface area contributed by atoms with Crippen molar-refractivity contribution in [2.24, 2.45) is 0 Å². The van der Waals surface area contributed by atoms with Crippen LogP contribution in [0.5, 0.6) is 0 Å². The van der Waals surface area contributed by atoms with Gasteiger partial charge in [0.15, 0.2) is 0 Å². The van der Waals surface area contributed by atoms with E-state index in [9.17, 15) is 0 Å². The molecule has 0 amide bonds. The zero-order valence-electron chi connectivity index (χ0n) is 11.2. The van der Waals surface area contributed by atoms with E-state index < -0.39 is 0 Å². The van der Waals surface area contributed by atoms with Crippen LogP contribution in [0.3, 0.4) is 0 Å². The first-order valence-electron chi connectivity index (χ1n) is 7.44. The van der Waals surface area contributed by atoms with Crippen LogP contribution in [0.25, 0.3) is 0 Å². The average molecular weight is 244 g/mol. The molecule has 1 atom stereocenters. The topological polar surface area (TPSA) is 15.3 Å². The van der Waals surface area contributed by atoms with Crippen LogP contribution < -0.4 is 5.32 Å². The molecule has 0 bridgehead atoms. The summed E-state index contributed by atoms with van der Waals surface area (Å²) in [6, 6.07) is 9.08. The maximum atomic E-state index is 3.49. The summed E-state index contributed by atoms with van der Waals surface area (Å²) in [5.41, 5.74) is 3.15. The average Bonchev–Trinajstić information content (AvgIpc) is 2.94. The van der Waals surface area contributed by atoms with Crippen LogP contribution in [0, 0.1) is 0 Å². The molecule has 0 aromatic heterocycles. The first-order chi connectivity index (χ1) is 8.93. The molecule has 18 heavy (non-hydrogen) atoms. The Kier molecular flexibility index (Phi) is 3.96. The summed E-state index contributed by atoms with van der Waals surface area (Å²) in [5, 5.41) is 3.49. The van der Waals surface area contributed by atoms with Crippen molar-refractivity contribution in [2.75, 3.05) is 26.2 Å². The summed E-state index contributed by atoms with van der Waals surface area (Å²) >= 11 is 0. The molecule has 0 radical (unpaired) electrons. The molecule has 3 rings (SSSR count). The van der Waals surface area contributed by atoms with Gasteiger partial charge in [0.05, 0.1) is 0 Å². The quantitative estimate of drug-likeness (QED) is 0.879. The second-order valence-corrected chi connectivity index (χ2v) is 5.73. The van der Waals surface area contributed by atoms with Gasteiger partial charge < -0.3 is 5.32 Å². The molecule has 2 nitrogen and oxygen atoms in total. The van der Waals surface area contributed by atoms with Crippen molar-refractivity contribution in [3.05, 3.63) is 35.4 Å². The molecule has 0 aliphatic carbocycles. The van der Waals surface area contributed by atoms with Crippen molar-refractivity contribution < 1.29 is 0 Å². The molecule has 98 valence electrons. The Morgan fingerprint density at radius 3 is 2.72 bits per heavy atom. The minimum Gasteiger partial charge on any atom is -0.316 e. The maximum absolute atomic E-state index is 3.49. The molecular formula is C16H24N2. The van der Waals surface area contributed by atoms with Crippen LogP contribution in [-0.2, 0) is 6.54 Å². The number of hydrogen-bond donors (Lipinski definition) is 1. The molecule has 1 aromatic rings. The Hall–Kier alpha value is -0.860. The monoisotopic (exact) mass is 244 g/mol. The fourth-order valence-corrected chi connectivity index (χ4v) is 3.35. The van der Waals surface area contributed by atoms with E-state index in [0.717, 1.165) is 19.0 Å². The minimum atomic E-state index is 0.742. The summed E-state index contributed by atoms with van der Waals surface area (Å²) in [5.74, 6) is 0.742. The number of benzene rings is 1. The molecule has 2 aliphatic rings. The van der Waals surface area contributed by atoms with Gasteiger partial charge in [-0.05, 0) is 55.9 Å². The molecule has 1 aromatic carbocycles. The fourth-order valence-electron chi connectivity index (χ4n) is 3.35. The number of piperidine rings is 1. The zero-order valence-corrected chi connectivity index (χ0v) is 11.2. The molecule has 2 saturated heterocycles. The van der Waals surface area contributed by atoms with Gasteiger partial charge in [-0.2, -0.15) is 0 Å². The molecule has 1 N–H and O–H groups in total. The van der Waals surface area contributed by atoms with E-state index in [1.807, 2.05) is 0 Å². The Balaban J connectivity index is 1.73. The van der Waals surface area contributed by atoms with Gasteiger partial charge in [-0.3, -0.25) is 4.90 Å². The second kappa shape index (κ2) is 5.85. The number of rotatable bonds is 3. The summed E-state index contributed by atoms with van der Waals surface area (Å²) in [4.78, 5) is 2.63. The molecular weight excluding hydrogens is 220 g/mol. The lowest BCUT2D eigenvalue weighted by Crippen LogP contribution is -2.29. The van der Waals surface area contributed by atoms with Gasteiger partial charge >= 0.3 is 0 Å². The van der Waals surface area contributed by atoms with Crippen molar-refractivity contribution in [3.8, 4) is 0 Å². The Morgan fingerprint density at radius 1 is 1.11 bits per heavy atom. The Bertz CT molecular complexity index is 376. The summed E-state index contributed by atoms with van der Waals surface area (Å²) in [6.45, 7) is 6.08. The van der Waals surface area contributed by atoms with Crippen LogP contribution in [0.15, 0.2) is 24.3 Å². The predicted molar refractivity (Wildman–Crippen MR) is 75.8 cm³/mol. The minimum absolute atomic E-state index is 0.742. The number of hydrogen-bond acceptors (Lipinski definition) is 2. The largest absolute Gasteiger partial charge is 0.316 e.